The topological polar surface area (TPSA) is 68.5 Å². The Morgan fingerprint density at radius 1 is 1.08 bits per heavy atom. The van der Waals surface area contributed by atoms with Crippen LogP contribution in [0.15, 0.2) is 66.7 Å². The first-order valence-electron chi connectivity index (χ1n) is 8.00. The van der Waals surface area contributed by atoms with Gasteiger partial charge in [0.05, 0.1) is 19.3 Å². The lowest BCUT2D eigenvalue weighted by molar-refractivity contribution is 0.253. The number of primary amides is 1. The van der Waals surface area contributed by atoms with E-state index in [9.17, 15) is 9.18 Å². The number of pyridine rings is 1. The Morgan fingerprint density at radius 3 is 2.46 bits per heavy atom. The van der Waals surface area contributed by atoms with Crippen LogP contribution in [0.3, 0.4) is 0 Å². The molecule has 2 N–H and O–H groups in total. The molecule has 26 heavy (non-hydrogen) atoms. The number of rotatable bonds is 5. The molecule has 0 saturated heterocycles. The lowest BCUT2D eigenvalue weighted by atomic mass is 10.1. The fourth-order valence-electron chi connectivity index (χ4n) is 2.56. The highest BCUT2D eigenvalue weighted by atomic mass is 19.1. The molecule has 3 rings (SSSR count). The minimum atomic E-state index is -0.701. The highest BCUT2D eigenvalue weighted by Gasteiger charge is 2.17. The van der Waals surface area contributed by atoms with Gasteiger partial charge in [0, 0.05) is 11.1 Å². The highest BCUT2D eigenvalue weighted by molar-refractivity contribution is 5.89. The van der Waals surface area contributed by atoms with Gasteiger partial charge in [0.15, 0.2) is 0 Å². The molecular formula is C20H18FN3O2. The minimum Gasteiger partial charge on any atom is -0.497 e. The Bertz CT molecular complexity index is 913. The maximum atomic E-state index is 13.9. The van der Waals surface area contributed by atoms with Gasteiger partial charge in [0.2, 0.25) is 0 Å². The third kappa shape index (κ3) is 3.80. The number of urea groups is 1. The van der Waals surface area contributed by atoms with Crippen molar-refractivity contribution in [2.45, 2.75) is 6.54 Å². The molecule has 1 aromatic heterocycles. The molecule has 1 heterocycles. The van der Waals surface area contributed by atoms with Gasteiger partial charge < -0.3 is 10.5 Å². The number of anilines is 1. The van der Waals surface area contributed by atoms with Crippen LogP contribution >= 0.6 is 0 Å². The predicted octanol–water partition coefficient (Wildman–Crippen LogP) is 3.98. The molecule has 0 aliphatic heterocycles. The molecule has 3 aromatic rings. The van der Waals surface area contributed by atoms with Gasteiger partial charge in [-0.1, -0.05) is 24.3 Å². The monoisotopic (exact) mass is 351 g/mol. The van der Waals surface area contributed by atoms with Crippen molar-refractivity contribution in [3.05, 3.63) is 78.1 Å². The average molecular weight is 351 g/mol. The molecule has 0 spiro atoms. The van der Waals surface area contributed by atoms with Gasteiger partial charge in [0.25, 0.3) is 0 Å². The van der Waals surface area contributed by atoms with Crippen LogP contribution in [0.25, 0.3) is 11.3 Å². The first-order valence-corrected chi connectivity index (χ1v) is 8.00. The Morgan fingerprint density at radius 2 is 1.81 bits per heavy atom. The summed E-state index contributed by atoms with van der Waals surface area (Å²) >= 11 is 0. The van der Waals surface area contributed by atoms with Gasteiger partial charge in [-0.05, 0) is 42.5 Å². The minimum absolute atomic E-state index is 0.00106. The quantitative estimate of drug-likeness (QED) is 0.756. The molecule has 0 saturated carbocycles. The number of carbonyl (C=O) groups is 1. The summed E-state index contributed by atoms with van der Waals surface area (Å²) in [7, 11) is 1.60. The van der Waals surface area contributed by atoms with Gasteiger partial charge >= 0.3 is 6.03 Å². The zero-order chi connectivity index (χ0) is 18.5. The number of nitrogens with zero attached hydrogens (tertiary/aromatic N) is 2. The van der Waals surface area contributed by atoms with Crippen LogP contribution in [0, 0.1) is 5.82 Å². The molecule has 0 atom stereocenters. The zero-order valence-electron chi connectivity index (χ0n) is 14.2. The lowest BCUT2D eigenvalue weighted by Gasteiger charge is -2.20. The number of amides is 2. The van der Waals surface area contributed by atoms with E-state index in [1.165, 1.54) is 11.0 Å². The van der Waals surface area contributed by atoms with E-state index >= 15 is 0 Å². The number of halogens is 1. The van der Waals surface area contributed by atoms with E-state index in [2.05, 4.69) is 4.98 Å². The number of hydrogen-bond acceptors (Lipinski definition) is 3. The first kappa shape index (κ1) is 17.4. The molecule has 0 unspecified atom stereocenters. The van der Waals surface area contributed by atoms with Gasteiger partial charge in [-0.15, -0.1) is 0 Å². The van der Waals surface area contributed by atoms with E-state index in [1.54, 1.807) is 37.4 Å². The fourth-order valence-corrected chi connectivity index (χ4v) is 2.56. The summed E-state index contributed by atoms with van der Waals surface area (Å²) in [4.78, 5) is 17.7. The molecule has 0 radical (unpaired) electrons. The molecule has 0 bridgehead atoms. The van der Waals surface area contributed by atoms with Crippen molar-refractivity contribution in [3.8, 4) is 17.0 Å². The van der Waals surface area contributed by atoms with Crippen LogP contribution in [0.1, 0.15) is 5.56 Å². The summed E-state index contributed by atoms with van der Waals surface area (Å²) in [5, 5.41) is 0. The van der Waals surface area contributed by atoms with Crippen molar-refractivity contribution in [3.63, 3.8) is 0 Å². The third-order valence-corrected chi connectivity index (χ3v) is 3.95. The van der Waals surface area contributed by atoms with Crippen LogP contribution in [0.4, 0.5) is 15.0 Å². The van der Waals surface area contributed by atoms with Crippen LogP contribution in [0.2, 0.25) is 0 Å². The molecule has 0 aliphatic rings. The normalized spacial score (nSPS) is 10.4. The van der Waals surface area contributed by atoms with Crippen molar-refractivity contribution < 1.29 is 13.9 Å². The molecule has 0 aliphatic carbocycles. The molecule has 2 aromatic carbocycles. The summed E-state index contributed by atoms with van der Waals surface area (Å²) in [5.74, 6) is 0.697. The summed E-state index contributed by atoms with van der Waals surface area (Å²) in [6, 6.07) is 18.2. The summed E-state index contributed by atoms with van der Waals surface area (Å²) < 4.78 is 19.1. The van der Waals surface area contributed by atoms with E-state index < -0.39 is 11.8 Å². The second kappa shape index (κ2) is 7.65. The van der Waals surface area contributed by atoms with Crippen LogP contribution < -0.4 is 15.4 Å². The largest absolute Gasteiger partial charge is 0.497 e. The standard InChI is InChI=1S/C20H18FN3O2/c1-26-16-11-9-14(10-12-16)18-7-4-8-19(23-18)24(20(22)25)13-15-5-2-3-6-17(15)21/h2-12H,13H2,1H3,(H2,22,25). The number of aromatic nitrogens is 1. The predicted molar refractivity (Wildman–Crippen MR) is 98.4 cm³/mol. The van der Waals surface area contributed by atoms with Crippen molar-refractivity contribution in [2.24, 2.45) is 5.73 Å². The third-order valence-electron chi connectivity index (χ3n) is 3.95. The van der Waals surface area contributed by atoms with Crippen molar-refractivity contribution >= 4 is 11.8 Å². The van der Waals surface area contributed by atoms with E-state index in [0.717, 1.165) is 11.3 Å². The lowest BCUT2D eigenvalue weighted by Crippen LogP contribution is -2.36. The SMILES string of the molecule is COc1ccc(-c2cccc(N(Cc3ccccc3F)C(N)=O)n2)cc1. The second-order valence-electron chi connectivity index (χ2n) is 5.63. The smallest absolute Gasteiger partial charge is 0.320 e. The Labute approximate surface area is 150 Å². The molecule has 2 amide bonds. The van der Waals surface area contributed by atoms with E-state index in [-0.39, 0.29) is 6.54 Å². The van der Waals surface area contributed by atoms with Crippen LogP contribution in [-0.2, 0) is 6.54 Å². The molecule has 5 nitrogen and oxygen atoms in total. The van der Waals surface area contributed by atoms with Crippen LogP contribution in [0.5, 0.6) is 5.75 Å². The summed E-state index contributed by atoms with van der Waals surface area (Å²) in [5.41, 5.74) is 7.40. The van der Waals surface area contributed by atoms with Crippen molar-refractivity contribution in [2.75, 3.05) is 12.0 Å². The Kier molecular flexibility index (Phi) is 5.12. The van der Waals surface area contributed by atoms with E-state index in [1.807, 2.05) is 30.3 Å². The number of hydrogen-bond donors (Lipinski definition) is 1. The van der Waals surface area contributed by atoms with Gasteiger partial charge in [-0.3, -0.25) is 4.90 Å². The number of carbonyl (C=O) groups excluding carboxylic acids is 1. The van der Waals surface area contributed by atoms with Gasteiger partial charge in [0.1, 0.15) is 17.4 Å². The molecular weight excluding hydrogens is 333 g/mol. The Hall–Kier alpha value is -3.41. The van der Waals surface area contributed by atoms with Crippen molar-refractivity contribution in [1.29, 1.82) is 0 Å². The molecule has 0 fully saturated rings. The second-order valence-corrected chi connectivity index (χ2v) is 5.63. The number of ether oxygens (including phenoxy) is 1. The molecule has 6 heteroatoms. The Balaban J connectivity index is 1.92. The number of methoxy groups -OCH3 is 1. The van der Waals surface area contributed by atoms with E-state index in [0.29, 0.717) is 17.1 Å². The highest BCUT2D eigenvalue weighted by Crippen LogP contribution is 2.24. The van der Waals surface area contributed by atoms with E-state index in [4.69, 9.17) is 10.5 Å². The first-order chi connectivity index (χ1) is 12.6. The maximum absolute atomic E-state index is 13.9. The van der Waals surface area contributed by atoms with Crippen LogP contribution in [-0.4, -0.2) is 18.1 Å². The summed E-state index contributed by atoms with van der Waals surface area (Å²) in [6.07, 6.45) is 0. The number of nitrogens with two attached hydrogens (primary N) is 1. The summed E-state index contributed by atoms with van der Waals surface area (Å²) in [6.45, 7) is 0.00106. The fraction of sp³-hybridized carbons (Fsp3) is 0.100. The van der Waals surface area contributed by atoms with Crippen molar-refractivity contribution in [1.82, 2.24) is 4.98 Å². The maximum Gasteiger partial charge on any atom is 0.320 e. The van der Waals surface area contributed by atoms with Gasteiger partial charge in [-0.2, -0.15) is 0 Å². The molecule has 132 valence electrons. The average Bonchev–Trinajstić information content (AvgIpc) is 2.67. The van der Waals surface area contributed by atoms with Gasteiger partial charge in [-0.25, -0.2) is 14.2 Å². The zero-order valence-corrected chi connectivity index (χ0v) is 14.2. The number of benzene rings is 2.